The fourth-order valence-electron chi connectivity index (χ4n) is 3.07. The molecule has 3 rings (SSSR count). The van der Waals surface area contributed by atoms with E-state index in [-0.39, 0.29) is 28.8 Å². The Morgan fingerprint density at radius 3 is 2.55 bits per heavy atom. The Hall–Kier alpha value is -3.64. The van der Waals surface area contributed by atoms with Crippen LogP contribution in [0.2, 0.25) is 0 Å². The smallest absolute Gasteiger partial charge is 0.261 e. The average Bonchev–Trinajstić information content (AvgIpc) is 2.77. The first-order chi connectivity index (χ1) is 14.8. The Bertz CT molecular complexity index is 1320. The van der Waals surface area contributed by atoms with E-state index in [9.17, 15) is 18.0 Å². The van der Waals surface area contributed by atoms with Gasteiger partial charge in [-0.05, 0) is 42.3 Å². The summed E-state index contributed by atoms with van der Waals surface area (Å²) in [6, 6.07) is 13.1. The van der Waals surface area contributed by atoms with Crippen LogP contribution < -0.4 is 10.2 Å². The van der Waals surface area contributed by atoms with Crippen LogP contribution in [0.3, 0.4) is 0 Å². The summed E-state index contributed by atoms with van der Waals surface area (Å²) in [5.74, 6) is -0.541. The number of aromatic amines is 1. The monoisotopic (exact) mass is 438 g/mol. The normalized spacial score (nSPS) is 11.1. The molecule has 0 aliphatic heterocycles. The van der Waals surface area contributed by atoms with Crippen LogP contribution in [0.1, 0.15) is 29.3 Å². The first-order valence-electron chi connectivity index (χ1n) is 9.66. The Morgan fingerprint density at radius 1 is 1.19 bits per heavy atom. The van der Waals surface area contributed by atoms with Gasteiger partial charge in [-0.1, -0.05) is 19.1 Å². The van der Waals surface area contributed by atoms with Gasteiger partial charge < -0.3 is 9.88 Å². The fourth-order valence-corrected chi connectivity index (χ4v) is 4.16. The molecule has 8 nitrogen and oxygen atoms in total. The number of sulfonamides is 1. The van der Waals surface area contributed by atoms with Crippen LogP contribution >= 0.6 is 0 Å². The summed E-state index contributed by atoms with van der Waals surface area (Å²) >= 11 is 0. The van der Waals surface area contributed by atoms with Crippen molar-refractivity contribution < 1.29 is 13.2 Å². The van der Waals surface area contributed by atoms with E-state index in [2.05, 4.69) is 9.71 Å². The predicted molar refractivity (Wildman–Crippen MR) is 118 cm³/mol. The SMILES string of the molecule is CCc1ccc(NS(=O)(=O)c2ccc3[nH]cc(C(=O)N(C)CCC#N)c(=O)c3c2)cc1. The number of fused-ring (bicyclic) bond motifs is 1. The largest absolute Gasteiger partial charge is 0.360 e. The van der Waals surface area contributed by atoms with Gasteiger partial charge in [0, 0.05) is 36.4 Å². The number of nitrogens with zero attached hydrogens (tertiary/aromatic N) is 2. The quantitative estimate of drug-likeness (QED) is 0.587. The number of nitrogens with one attached hydrogen (secondary N) is 2. The van der Waals surface area contributed by atoms with E-state index >= 15 is 0 Å². The number of hydrogen-bond donors (Lipinski definition) is 2. The van der Waals surface area contributed by atoms with Gasteiger partial charge in [-0.25, -0.2) is 8.42 Å². The Kier molecular flexibility index (Phi) is 6.42. The maximum atomic E-state index is 12.9. The number of carbonyl (C=O) groups is 1. The standard InChI is InChI=1S/C22H22N4O4S/c1-3-15-5-7-16(8-6-15)25-31(29,30)17-9-10-20-18(13-17)21(27)19(14-24-20)22(28)26(2)12-4-11-23/h5-10,13-14,25H,3-4,12H2,1-2H3,(H,24,27). The number of carbonyl (C=O) groups excluding carboxylic acids is 1. The van der Waals surface area contributed by atoms with E-state index in [4.69, 9.17) is 5.26 Å². The zero-order valence-corrected chi connectivity index (χ0v) is 18.0. The summed E-state index contributed by atoms with van der Waals surface area (Å²) in [6.45, 7) is 2.19. The summed E-state index contributed by atoms with van der Waals surface area (Å²) in [7, 11) is -2.44. The maximum Gasteiger partial charge on any atom is 0.261 e. The highest BCUT2D eigenvalue weighted by atomic mass is 32.2. The lowest BCUT2D eigenvalue weighted by Gasteiger charge is -2.15. The van der Waals surface area contributed by atoms with E-state index in [1.807, 2.05) is 25.1 Å². The Labute approximate surface area is 180 Å². The van der Waals surface area contributed by atoms with Crippen LogP contribution in [0.5, 0.6) is 0 Å². The van der Waals surface area contributed by atoms with Crippen LogP contribution in [-0.2, 0) is 16.4 Å². The number of anilines is 1. The van der Waals surface area contributed by atoms with Crippen molar-refractivity contribution in [2.45, 2.75) is 24.7 Å². The second-order valence-electron chi connectivity index (χ2n) is 7.03. The number of pyridine rings is 1. The molecule has 0 saturated heterocycles. The van der Waals surface area contributed by atoms with Gasteiger partial charge >= 0.3 is 0 Å². The number of aryl methyl sites for hydroxylation is 1. The van der Waals surface area contributed by atoms with Gasteiger partial charge in [0.15, 0.2) is 0 Å². The lowest BCUT2D eigenvalue weighted by molar-refractivity contribution is 0.0796. The number of rotatable bonds is 7. The molecule has 9 heteroatoms. The molecule has 0 aliphatic rings. The molecular weight excluding hydrogens is 416 g/mol. The third-order valence-electron chi connectivity index (χ3n) is 4.91. The topological polar surface area (TPSA) is 123 Å². The van der Waals surface area contributed by atoms with Crippen molar-refractivity contribution in [3.8, 4) is 6.07 Å². The van der Waals surface area contributed by atoms with Crippen LogP contribution in [0, 0.1) is 11.3 Å². The molecule has 0 spiro atoms. The van der Waals surface area contributed by atoms with Crippen LogP contribution in [-0.4, -0.2) is 37.8 Å². The van der Waals surface area contributed by atoms with Crippen LogP contribution in [0.15, 0.2) is 58.4 Å². The number of aromatic nitrogens is 1. The minimum atomic E-state index is -3.94. The molecule has 0 radical (unpaired) electrons. The van der Waals surface area contributed by atoms with E-state index in [1.54, 1.807) is 12.1 Å². The number of amides is 1. The molecule has 0 atom stereocenters. The summed E-state index contributed by atoms with van der Waals surface area (Å²) in [6.07, 6.45) is 2.28. The molecular formula is C22H22N4O4S. The maximum absolute atomic E-state index is 12.9. The van der Waals surface area contributed by atoms with Crippen molar-refractivity contribution in [1.82, 2.24) is 9.88 Å². The van der Waals surface area contributed by atoms with Gasteiger partial charge in [-0.15, -0.1) is 0 Å². The summed E-state index contributed by atoms with van der Waals surface area (Å²) in [5, 5.41) is 8.77. The molecule has 0 aliphatic carbocycles. The first-order valence-corrected chi connectivity index (χ1v) is 11.1. The molecule has 1 aromatic heterocycles. The first kappa shape index (κ1) is 22.1. The molecule has 31 heavy (non-hydrogen) atoms. The highest BCUT2D eigenvalue weighted by molar-refractivity contribution is 7.92. The Morgan fingerprint density at radius 2 is 1.90 bits per heavy atom. The van der Waals surface area contributed by atoms with Gasteiger partial charge in [0.1, 0.15) is 5.56 Å². The lowest BCUT2D eigenvalue weighted by atomic mass is 10.1. The number of H-pyrrole nitrogens is 1. The summed E-state index contributed by atoms with van der Waals surface area (Å²) in [4.78, 5) is 29.5. The molecule has 1 amide bonds. The molecule has 0 unspecified atom stereocenters. The van der Waals surface area contributed by atoms with Gasteiger partial charge in [-0.2, -0.15) is 5.26 Å². The molecule has 2 aromatic carbocycles. The zero-order chi connectivity index (χ0) is 22.6. The van der Waals surface area contributed by atoms with E-state index < -0.39 is 21.4 Å². The molecule has 0 bridgehead atoms. The van der Waals surface area contributed by atoms with Crippen molar-refractivity contribution >= 4 is 32.5 Å². The van der Waals surface area contributed by atoms with Gasteiger partial charge in [-0.3, -0.25) is 14.3 Å². The third kappa shape index (κ3) is 4.75. The minimum Gasteiger partial charge on any atom is -0.360 e. The number of benzene rings is 2. The fraction of sp³-hybridized carbons (Fsp3) is 0.227. The molecule has 3 aromatic rings. The van der Waals surface area contributed by atoms with Crippen LogP contribution in [0.4, 0.5) is 5.69 Å². The second-order valence-corrected chi connectivity index (χ2v) is 8.71. The third-order valence-corrected chi connectivity index (χ3v) is 6.29. The second kappa shape index (κ2) is 9.02. The molecule has 0 fully saturated rings. The molecule has 160 valence electrons. The van der Waals surface area contributed by atoms with E-state index in [0.717, 1.165) is 12.0 Å². The van der Waals surface area contributed by atoms with Gasteiger partial charge in [0.2, 0.25) is 5.43 Å². The molecule has 2 N–H and O–H groups in total. The highest BCUT2D eigenvalue weighted by Gasteiger charge is 2.20. The number of hydrogen-bond acceptors (Lipinski definition) is 5. The predicted octanol–water partition coefficient (Wildman–Crippen LogP) is 2.88. The Balaban J connectivity index is 1.97. The minimum absolute atomic E-state index is 0.0868. The highest BCUT2D eigenvalue weighted by Crippen LogP contribution is 2.20. The molecule has 1 heterocycles. The van der Waals surface area contributed by atoms with Crippen molar-refractivity contribution in [3.63, 3.8) is 0 Å². The van der Waals surface area contributed by atoms with Gasteiger partial charge in [0.25, 0.3) is 15.9 Å². The van der Waals surface area contributed by atoms with E-state index in [0.29, 0.717) is 11.2 Å². The van der Waals surface area contributed by atoms with Crippen molar-refractivity contribution in [1.29, 1.82) is 5.26 Å². The van der Waals surface area contributed by atoms with Crippen molar-refractivity contribution in [3.05, 3.63) is 70.0 Å². The lowest BCUT2D eigenvalue weighted by Crippen LogP contribution is -2.31. The zero-order valence-electron chi connectivity index (χ0n) is 17.2. The number of nitriles is 1. The van der Waals surface area contributed by atoms with Crippen molar-refractivity contribution in [2.75, 3.05) is 18.3 Å². The summed E-state index contributed by atoms with van der Waals surface area (Å²) < 4.78 is 28.2. The molecule has 0 saturated carbocycles. The van der Waals surface area contributed by atoms with E-state index in [1.165, 1.54) is 36.3 Å². The summed E-state index contributed by atoms with van der Waals surface area (Å²) in [5.41, 5.74) is 1.20. The van der Waals surface area contributed by atoms with Crippen molar-refractivity contribution in [2.24, 2.45) is 0 Å². The van der Waals surface area contributed by atoms with Crippen LogP contribution in [0.25, 0.3) is 10.9 Å². The van der Waals surface area contributed by atoms with Gasteiger partial charge in [0.05, 0.1) is 17.4 Å². The average molecular weight is 439 g/mol.